The lowest BCUT2D eigenvalue weighted by molar-refractivity contribution is 0.576. The van der Waals surface area contributed by atoms with Crippen molar-refractivity contribution >= 4 is 9.84 Å². The van der Waals surface area contributed by atoms with E-state index in [1.807, 2.05) is 30.3 Å². The third kappa shape index (κ3) is 4.69. The van der Waals surface area contributed by atoms with E-state index in [1.165, 1.54) is 11.8 Å². The average Bonchev–Trinajstić information content (AvgIpc) is 2.47. The molecule has 0 aliphatic heterocycles. The predicted molar refractivity (Wildman–Crippen MR) is 86.1 cm³/mol. The molecule has 0 saturated heterocycles. The molecule has 1 unspecified atom stereocenters. The van der Waals surface area contributed by atoms with E-state index in [2.05, 4.69) is 24.4 Å². The number of hydrogen-bond donors (Lipinski definition) is 1. The fraction of sp³-hybridized carbons (Fsp3) is 0.294. The van der Waals surface area contributed by atoms with Crippen molar-refractivity contribution in [3.63, 3.8) is 0 Å². The third-order valence-electron chi connectivity index (χ3n) is 3.52. The molecule has 1 N–H and O–H groups in total. The van der Waals surface area contributed by atoms with E-state index in [1.54, 1.807) is 12.1 Å². The van der Waals surface area contributed by atoms with Crippen molar-refractivity contribution in [3.8, 4) is 0 Å². The maximum atomic E-state index is 11.4. The number of hydrogen-bond acceptors (Lipinski definition) is 3. The Balaban J connectivity index is 1.90. The fourth-order valence-electron chi connectivity index (χ4n) is 2.20. The summed E-state index contributed by atoms with van der Waals surface area (Å²) in [5, 5.41) is 3.46. The molecule has 0 fully saturated rings. The number of nitrogens with one attached hydrogen (secondary N) is 1. The Morgan fingerprint density at radius 2 is 1.62 bits per heavy atom. The van der Waals surface area contributed by atoms with Gasteiger partial charge in [0.25, 0.3) is 0 Å². The number of rotatable bonds is 6. The highest BCUT2D eigenvalue weighted by atomic mass is 32.2. The summed E-state index contributed by atoms with van der Waals surface area (Å²) in [4.78, 5) is 0.364. The van der Waals surface area contributed by atoms with Crippen molar-refractivity contribution in [1.82, 2.24) is 5.32 Å². The lowest BCUT2D eigenvalue weighted by Gasteiger charge is -2.14. The van der Waals surface area contributed by atoms with Gasteiger partial charge in [-0.25, -0.2) is 8.42 Å². The maximum Gasteiger partial charge on any atom is 0.175 e. The van der Waals surface area contributed by atoms with Crippen LogP contribution in [0.4, 0.5) is 0 Å². The Bertz CT molecular complexity index is 664. The molecule has 0 spiro atoms. The first-order chi connectivity index (χ1) is 9.97. The van der Waals surface area contributed by atoms with Crippen molar-refractivity contribution in [2.45, 2.75) is 24.3 Å². The van der Waals surface area contributed by atoms with Crippen molar-refractivity contribution in [1.29, 1.82) is 0 Å². The highest BCUT2D eigenvalue weighted by Gasteiger charge is 2.09. The molecule has 0 aliphatic rings. The topological polar surface area (TPSA) is 46.2 Å². The van der Waals surface area contributed by atoms with Gasteiger partial charge < -0.3 is 5.32 Å². The normalized spacial score (nSPS) is 13.0. The summed E-state index contributed by atoms with van der Waals surface area (Å²) in [6.45, 7) is 2.97. The zero-order valence-electron chi connectivity index (χ0n) is 12.4. The summed E-state index contributed by atoms with van der Waals surface area (Å²) < 4.78 is 22.9. The van der Waals surface area contributed by atoms with Crippen molar-refractivity contribution in [2.75, 3.05) is 12.8 Å². The molecule has 2 aromatic carbocycles. The van der Waals surface area contributed by atoms with E-state index < -0.39 is 9.84 Å². The van der Waals surface area contributed by atoms with Crippen LogP contribution in [0.15, 0.2) is 59.5 Å². The minimum absolute atomic E-state index is 0.197. The molecule has 0 heterocycles. The molecule has 2 aromatic rings. The lowest BCUT2D eigenvalue weighted by atomic mass is 10.1. The number of benzene rings is 2. The molecule has 0 amide bonds. The molecular weight excluding hydrogens is 282 g/mol. The van der Waals surface area contributed by atoms with Crippen LogP contribution in [0.3, 0.4) is 0 Å². The molecule has 0 aliphatic carbocycles. The van der Waals surface area contributed by atoms with Crippen LogP contribution in [0.1, 0.15) is 24.1 Å². The van der Waals surface area contributed by atoms with Crippen LogP contribution in [0.25, 0.3) is 0 Å². The molecule has 112 valence electrons. The molecule has 0 bridgehead atoms. The van der Waals surface area contributed by atoms with E-state index in [0.717, 1.165) is 18.5 Å². The Hall–Kier alpha value is -1.65. The van der Waals surface area contributed by atoms with Gasteiger partial charge in [-0.15, -0.1) is 0 Å². The monoisotopic (exact) mass is 303 g/mol. The molecule has 0 radical (unpaired) electrons. The van der Waals surface area contributed by atoms with E-state index >= 15 is 0 Å². The molecule has 1 atom stereocenters. The van der Waals surface area contributed by atoms with Crippen LogP contribution >= 0.6 is 0 Å². The molecule has 0 saturated carbocycles. The Morgan fingerprint density at radius 3 is 2.19 bits per heavy atom. The van der Waals surface area contributed by atoms with Crippen LogP contribution in [-0.2, 0) is 16.3 Å². The SMILES string of the molecule is CC(NCCc1ccccc1)c1ccc(S(C)(=O)=O)cc1. The van der Waals surface area contributed by atoms with E-state index in [9.17, 15) is 8.42 Å². The zero-order chi connectivity index (χ0) is 15.3. The quantitative estimate of drug-likeness (QED) is 0.892. The van der Waals surface area contributed by atoms with Crippen LogP contribution in [0.2, 0.25) is 0 Å². The average molecular weight is 303 g/mol. The molecule has 21 heavy (non-hydrogen) atoms. The highest BCUT2D eigenvalue weighted by molar-refractivity contribution is 7.90. The van der Waals surface area contributed by atoms with Gasteiger partial charge in [0.05, 0.1) is 4.90 Å². The van der Waals surface area contributed by atoms with Crippen molar-refractivity contribution in [3.05, 3.63) is 65.7 Å². The second-order valence-electron chi connectivity index (χ2n) is 5.25. The molecule has 4 heteroatoms. The molecule has 2 rings (SSSR count). The Labute approximate surface area is 126 Å². The van der Waals surface area contributed by atoms with Crippen molar-refractivity contribution in [2.24, 2.45) is 0 Å². The van der Waals surface area contributed by atoms with Gasteiger partial charge in [0.15, 0.2) is 9.84 Å². The van der Waals surface area contributed by atoms with Gasteiger partial charge in [-0.05, 0) is 43.1 Å². The summed E-state index contributed by atoms with van der Waals surface area (Å²) >= 11 is 0. The van der Waals surface area contributed by atoms with E-state index in [4.69, 9.17) is 0 Å². The van der Waals surface area contributed by atoms with Gasteiger partial charge in [0.1, 0.15) is 0 Å². The van der Waals surface area contributed by atoms with Gasteiger partial charge >= 0.3 is 0 Å². The predicted octanol–water partition coefficient (Wildman–Crippen LogP) is 2.98. The Kier molecular flexibility index (Phi) is 5.15. The summed E-state index contributed by atoms with van der Waals surface area (Å²) in [6.07, 6.45) is 2.20. The first kappa shape index (κ1) is 15.7. The smallest absolute Gasteiger partial charge is 0.175 e. The van der Waals surface area contributed by atoms with Crippen molar-refractivity contribution < 1.29 is 8.42 Å². The highest BCUT2D eigenvalue weighted by Crippen LogP contribution is 2.16. The van der Waals surface area contributed by atoms with Gasteiger partial charge in [-0.3, -0.25) is 0 Å². The Morgan fingerprint density at radius 1 is 1.00 bits per heavy atom. The summed E-state index contributed by atoms with van der Waals surface area (Å²) in [5.41, 5.74) is 2.40. The van der Waals surface area contributed by atoms with E-state index in [-0.39, 0.29) is 6.04 Å². The van der Waals surface area contributed by atoms with Gasteiger partial charge in [0, 0.05) is 12.3 Å². The second-order valence-corrected chi connectivity index (χ2v) is 7.27. The van der Waals surface area contributed by atoms with Crippen LogP contribution < -0.4 is 5.32 Å². The van der Waals surface area contributed by atoms with E-state index in [0.29, 0.717) is 4.90 Å². The molecular formula is C17H21NO2S. The maximum absolute atomic E-state index is 11.4. The standard InChI is InChI=1S/C17H21NO2S/c1-14(18-13-12-15-6-4-3-5-7-15)16-8-10-17(11-9-16)21(2,19)20/h3-11,14,18H,12-13H2,1-2H3. The zero-order valence-corrected chi connectivity index (χ0v) is 13.2. The second kappa shape index (κ2) is 6.87. The van der Waals surface area contributed by atoms with Crippen LogP contribution in [0.5, 0.6) is 0 Å². The van der Waals surface area contributed by atoms with Gasteiger partial charge in [-0.2, -0.15) is 0 Å². The summed E-state index contributed by atoms with van der Waals surface area (Å²) in [6, 6.07) is 17.6. The minimum Gasteiger partial charge on any atom is -0.310 e. The number of sulfone groups is 1. The first-order valence-corrected chi connectivity index (χ1v) is 8.93. The third-order valence-corrected chi connectivity index (χ3v) is 4.64. The largest absolute Gasteiger partial charge is 0.310 e. The molecule has 3 nitrogen and oxygen atoms in total. The lowest BCUT2D eigenvalue weighted by Crippen LogP contribution is -2.21. The summed E-state index contributed by atoms with van der Waals surface area (Å²) in [7, 11) is -3.12. The summed E-state index contributed by atoms with van der Waals surface area (Å²) in [5.74, 6) is 0. The van der Waals surface area contributed by atoms with Gasteiger partial charge in [0.2, 0.25) is 0 Å². The minimum atomic E-state index is -3.12. The fourth-order valence-corrected chi connectivity index (χ4v) is 2.83. The van der Waals surface area contributed by atoms with Crippen LogP contribution in [0, 0.1) is 0 Å². The van der Waals surface area contributed by atoms with Gasteiger partial charge in [-0.1, -0.05) is 42.5 Å². The van der Waals surface area contributed by atoms with Crippen LogP contribution in [-0.4, -0.2) is 21.2 Å². The molecule has 0 aromatic heterocycles. The first-order valence-electron chi connectivity index (χ1n) is 7.04.